The number of nitrogens with one attached hydrogen (secondary N) is 2. The molecule has 2 amide bonds. The molecule has 0 aliphatic carbocycles. The molecule has 1 aliphatic heterocycles. The van der Waals surface area contributed by atoms with E-state index in [1.807, 2.05) is 42.5 Å². The maximum Gasteiger partial charge on any atom is 0.243 e. The summed E-state index contributed by atoms with van der Waals surface area (Å²) in [5, 5.41) is 8.02. The number of hydrogen-bond donors (Lipinski definition) is 3. The second kappa shape index (κ2) is 9.57. The fraction of sp³-hybridized carbons (Fsp3) is 0.292. The van der Waals surface area contributed by atoms with Crippen LogP contribution in [0.15, 0.2) is 60.8 Å². The molecule has 2 aromatic carbocycles. The summed E-state index contributed by atoms with van der Waals surface area (Å²) in [7, 11) is 0. The van der Waals surface area contributed by atoms with Crippen LogP contribution in [-0.4, -0.2) is 47.4 Å². The maximum atomic E-state index is 12.6. The Morgan fingerprint density at radius 2 is 1.94 bits per heavy atom. The lowest BCUT2D eigenvalue weighted by Gasteiger charge is -2.39. The van der Waals surface area contributed by atoms with Crippen molar-refractivity contribution in [2.75, 3.05) is 25.4 Å². The van der Waals surface area contributed by atoms with Crippen LogP contribution in [0.2, 0.25) is 0 Å². The van der Waals surface area contributed by atoms with E-state index in [1.54, 1.807) is 11.1 Å². The Labute approximate surface area is 181 Å². The van der Waals surface area contributed by atoms with Gasteiger partial charge in [-0.3, -0.25) is 9.59 Å². The number of pyridine rings is 1. The molecule has 4 rings (SSSR count). The van der Waals surface area contributed by atoms with Crippen LogP contribution < -0.4 is 16.4 Å². The van der Waals surface area contributed by atoms with Crippen molar-refractivity contribution in [2.24, 2.45) is 0 Å². The van der Waals surface area contributed by atoms with Crippen LogP contribution in [0.5, 0.6) is 0 Å². The van der Waals surface area contributed by atoms with Crippen molar-refractivity contribution in [3.63, 3.8) is 0 Å². The first-order valence-corrected chi connectivity index (χ1v) is 10.6. The summed E-state index contributed by atoms with van der Waals surface area (Å²) in [5.41, 5.74) is 8.10. The van der Waals surface area contributed by atoms with E-state index in [1.165, 1.54) is 5.56 Å². The number of nitrogens with two attached hydrogens (primary N) is 1. The number of likely N-dealkylation sites (tertiary alicyclic amines) is 1. The van der Waals surface area contributed by atoms with Gasteiger partial charge in [0, 0.05) is 24.7 Å². The lowest BCUT2D eigenvalue weighted by Crippen LogP contribution is -2.59. The topological polar surface area (TPSA) is 100 Å². The molecule has 0 bridgehead atoms. The first kappa shape index (κ1) is 20.8. The summed E-state index contributed by atoms with van der Waals surface area (Å²) in [6, 6.07) is 17.5. The van der Waals surface area contributed by atoms with E-state index in [4.69, 9.17) is 5.73 Å². The van der Waals surface area contributed by atoms with Crippen LogP contribution in [0.3, 0.4) is 0 Å². The number of hydrogen-bond acceptors (Lipinski definition) is 5. The monoisotopic (exact) mass is 417 g/mol. The highest BCUT2D eigenvalue weighted by Crippen LogP contribution is 2.21. The molecule has 1 aliphatic rings. The Kier molecular flexibility index (Phi) is 6.43. The molecule has 0 saturated carbocycles. The van der Waals surface area contributed by atoms with Gasteiger partial charge in [-0.1, -0.05) is 42.5 Å². The van der Waals surface area contributed by atoms with Crippen LogP contribution >= 0.6 is 0 Å². The molecule has 0 spiro atoms. The Morgan fingerprint density at radius 3 is 2.71 bits per heavy atom. The number of benzene rings is 2. The second-order valence-electron chi connectivity index (χ2n) is 7.77. The number of amides is 2. The largest absolute Gasteiger partial charge is 0.383 e. The first-order valence-electron chi connectivity index (χ1n) is 10.6. The van der Waals surface area contributed by atoms with Crippen molar-refractivity contribution < 1.29 is 9.59 Å². The number of carbonyl (C=O) groups is 2. The third-order valence-electron chi connectivity index (χ3n) is 5.68. The van der Waals surface area contributed by atoms with Gasteiger partial charge in [0.2, 0.25) is 11.8 Å². The van der Waals surface area contributed by atoms with E-state index in [0.29, 0.717) is 25.3 Å². The van der Waals surface area contributed by atoms with E-state index in [-0.39, 0.29) is 24.4 Å². The van der Waals surface area contributed by atoms with Gasteiger partial charge in [-0.05, 0) is 48.0 Å². The van der Waals surface area contributed by atoms with Crippen molar-refractivity contribution >= 4 is 28.4 Å². The molecule has 1 atom stereocenters. The van der Waals surface area contributed by atoms with Crippen LogP contribution in [-0.2, 0) is 22.6 Å². The van der Waals surface area contributed by atoms with Gasteiger partial charge in [0.1, 0.15) is 11.9 Å². The standard InChI is InChI=1S/C24H27N5O2/c25-23-20-7-6-18(14-19(20)9-12-27-23)15-28-24(31)21-10-13-29(21)22(30)16-26-11-8-17-4-2-1-3-5-17/h1-7,9,12,14,21,26H,8,10-11,13,15-16H2,(H2,25,27)(H,28,31)/t21-/m0/s1. The van der Waals surface area contributed by atoms with Gasteiger partial charge >= 0.3 is 0 Å². The van der Waals surface area contributed by atoms with Gasteiger partial charge in [0.25, 0.3) is 0 Å². The number of anilines is 1. The molecule has 160 valence electrons. The molecule has 31 heavy (non-hydrogen) atoms. The predicted molar refractivity (Wildman–Crippen MR) is 121 cm³/mol. The quantitative estimate of drug-likeness (QED) is 0.486. The molecule has 1 saturated heterocycles. The molecular formula is C24H27N5O2. The van der Waals surface area contributed by atoms with E-state index in [0.717, 1.165) is 29.3 Å². The number of nitrogen functional groups attached to an aromatic ring is 1. The molecule has 3 aromatic rings. The average Bonchev–Trinajstić information content (AvgIpc) is 2.75. The number of aromatic nitrogens is 1. The lowest BCUT2D eigenvalue weighted by atomic mass is 10.0. The summed E-state index contributed by atoms with van der Waals surface area (Å²) >= 11 is 0. The molecule has 0 radical (unpaired) electrons. The minimum absolute atomic E-state index is 0.0341. The number of nitrogens with zero attached hydrogens (tertiary/aromatic N) is 2. The van der Waals surface area contributed by atoms with Crippen molar-refractivity contribution in [3.8, 4) is 0 Å². The summed E-state index contributed by atoms with van der Waals surface area (Å²) < 4.78 is 0. The van der Waals surface area contributed by atoms with Crippen molar-refractivity contribution in [3.05, 3.63) is 71.9 Å². The first-order chi connectivity index (χ1) is 15.1. The molecule has 2 heterocycles. The van der Waals surface area contributed by atoms with Gasteiger partial charge in [0.05, 0.1) is 6.54 Å². The van der Waals surface area contributed by atoms with Gasteiger partial charge < -0.3 is 21.3 Å². The zero-order chi connectivity index (χ0) is 21.6. The van der Waals surface area contributed by atoms with Crippen LogP contribution in [0.25, 0.3) is 10.8 Å². The average molecular weight is 418 g/mol. The fourth-order valence-electron chi connectivity index (χ4n) is 3.80. The number of fused-ring (bicyclic) bond motifs is 1. The molecule has 7 nitrogen and oxygen atoms in total. The SMILES string of the molecule is Nc1nccc2cc(CNC(=O)[C@@H]3CCN3C(=O)CNCCc3ccccc3)ccc12. The van der Waals surface area contributed by atoms with Crippen molar-refractivity contribution in [2.45, 2.75) is 25.4 Å². The van der Waals surface area contributed by atoms with E-state index in [9.17, 15) is 9.59 Å². The van der Waals surface area contributed by atoms with Crippen molar-refractivity contribution in [1.82, 2.24) is 20.5 Å². The van der Waals surface area contributed by atoms with Gasteiger partial charge in [-0.2, -0.15) is 0 Å². The Hall–Kier alpha value is -3.45. The molecule has 7 heteroatoms. The highest BCUT2D eigenvalue weighted by atomic mass is 16.2. The summed E-state index contributed by atoms with van der Waals surface area (Å²) in [4.78, 5) is 30.8. The highest BCUT2D eigenvalue weighted by molar-refractivity contribution is 5.92. The normalized spacial score (nSPS) is 15.5. The number of rotatable bonds is 8. The summed E-state index contributed by atoms with van der Waals surface area (Å²) in [5.74, 6) is 0.348. The zero-order valence-corrected chi connectivity index (χ0v) is 17.4. The van der Waals surface area contributed by atoms with Gasteiger partial charge in [-0.25, -0.2) is 4.98 Å². The molecule has 4 N–H and O–H groups in total. The van der Waals surface area contributed by atoms with Gasteiger partial charge in [-0.15, -0.1) is 0 Å². The molecule has 1 fully saturated rings. The zero-order valence-electron chi connectivity index (χ0n) is 17.4. The molecular weight excluding hydrogens is 390 g/mol. The lowest BCUT2D eigenvalue weighted by molar-refractivity contribution is -0.146. The third kappa shape index (κ3) is 5.00. The predicted octanol–water partition coefficient (Wildman–Crippen LogP) is 1.87. The Bertz CT molecular complexity index is 1070. The molecule has 0 unspecified atom stereocenters. The van der Waals surface area contributed by atoms with Crippen LogP contribution in [0, 0.1) is 0 Å². The Balaban J connectivity index is 1.23. The van der Waals surface area contributed by atoms with E-state index < -0.39 is 0 Å². The molecule has 1 aromatic heterocycles. The van der Waals surface area contributed by atoms with E-state index >= 15 is 0 Å². The number of carbonyl (C=O) groups excluding carboxylic acids is 2. The minimum atomic E-state index is -0.385. The fourth-order valence-corrected chi connectivity index (χ4v) is 3.80. The highest BCUT2D eigenvalue weighted by Gasteiger charge is 2.36. The van der Waals surface area contributed by atoms with Crippen molar-refractivity contribution in [1.29, 1.82) is 0 Å². The summed E-state index contributed by atoms with van der Waals surface area (Å²) in [6.07, 6.45) is 3.23. The maximum absolute atomic E-state index is 12.6. The second-order valence-corrected chi connectivity index (χ2v) is 7.77. The van der Waals surface area contributed by atoms with E-state index in [2.05, 4.69) is 27.8 Å². The Morgan fingerprint density at radius 1 is 1.10 bits per heavy atom. The van der Waals surface area contributed by atoms with Crippen LogP contribution in [0.4, 0.5) is 5.82 Å². The van der Waals surface area contributed by atoms with Crippen LogP contribution in [0.1, 0.15) is 17.5 Å². The smallest absolute Gasteiger partial charge is 0.243 e. The summed E-state index contributed by atoms with van der Waals surface area (Å²) in [6.45, 7) is 2.00. The van der Waals surface area contributed by atoms with Gasteiger partial charge in [0.15, 0.2) is 0 Å². The third-order valence-corrected chi connectivity index (χ3v) is 5.68. The minimum Gasteiger partial charge on any atom is -0.383 e.